The molecule has 1 aromatic carbocycles. The molecule has 0 bridgehead atoms. The van der Waals surface area contributed by atoms with Crippen LogP contribution in [0.5, 0.6) is 0 Å². The molecule has 2 rings (SSSR count). The fraction of sp³-hybridized carbons (Fsp3) is 0.571. The third-order valence-corrected chi connectivity index (χ3v) is 4.60. The maximum atomic E-state index is 10.7. The maximum Gasteiger partial charge on any atom is 0.270 e. The number of nitro groups is 1. The van der Waals surface area contributed by atoms with Crippen molar-refractivity contribution in [3.05, 3.63) is 38.9 Å². The molecule has 2 unspecified atom stereocenters. The minimum absolute atomic E-state index is 0.0159. The summed E-state index contributed by atoms with van der Waals surface area (Å²) >= 11 is 6.08. The van der Waals surface area contributed by atoms with Crippen LogP contribution in [0, 0.1) is 15.5 Å². The molecule has 0 spiro atoms. The van der Waals surface area contributed by atoms with Crippen LogP contribution in [-0.2, 0) is 11.3 Å². The van der Waals surface area contributed by atoms with Crippen molar-refractivity contribution in [1.29, 1.82) is 0 Å². The number of nitrogens with one attached hydrogen (secondary N) is 1. The van der Waals surface area contributed by atoms with E-state index in [1.165, 1.54) is 12.1 Å². The van der Waals surface area contributed by atoms with Gasteiger partial charge in [-0.15, -0.1) is 0 Å². The third kappa shape index (κ3) is 2.80. The molecule has 20 heavy (non-hydrogen) atoms. The molecule has 110 valence electrons. The Morgan fingerprint density at radius 1 is 1.55 bits per heavy atom. The lowest BCUT2D eigenvalue weighted by molar-refractivity contribution is -0.384. The van der Waals surface area contributed by atoms with Crippen LogP contribution in [0.3, 0.4) is 0 Å². The van der Waals surface area contributed by atoms with E-state index in [1.54, 1.807) is 13.2 Å². The van der Waals surface area contributed by atoms with Gasteiger partial charge in [-0.05, 0) is 18.1 Å². The van der Waals surface area contributed by atoms with Crippen LogP contribution in [0.1, 0.15) is 25.8 Å². The third-order valence-electron chi connectivity index (χ3n) is 4.25. The zero-order chi connectivity index (χ0) is 14.9. The van der Waals surface area contributed by atoms with Gasteiger partial charge >= 0.3 is 0 Å². The lowest BCUT2D eigenvalue weighted by atomic mass is 9.64. The normalized spacial score (nSPS) is 24.2. The molecule has 0 amide bonds. The maximum absolute atomic E-state index is 10.7. The minimum atomic E-state index is -0.443. The largest absolute Gasteiger partial charge is 0.381 e. The van der Waals surface area contributed by atoms with Crippen molar-refractivity contribution in [3.8, 4) is 0 Å². The first-order chi connectivity index (χ1) is 9.36. The number of ether oxygens (including phenoxy) is 1. The van der Waals surface area contributed by atoms with E-state index >= 15 is 0 Å². The predicted octanol–water partition coefficient (Wildman–Crippen LogP) is 3.15. The molecule has 5 nitrogen and oxygen atoms in total. The summed E-state index contributed by atoms with van der Waals surface area (Å²) < 4.78 is 5.41. The zero-order valence-corrected chi connectivity index (χ0v) is 12.6. The second-order valence-corrected chi connectivity index (χ2v) is 6.15. The Bertz CT molecular complexity index is 519. The van der Waals surface area contributed by atoms with Crippen LogP contribution in [0.4, 0.5) is 5.69 Å². The molecule has 1 aliphatic carbocycles. The molecule has 1 aromatic rings. The first kappa shape index (κ1) is 15.2. The van der Waals surface area contributed by atoms with Gasteiger partial charge < -0.3 is 10.1 Å². The standard InChI is InChI=1S/C14H19ClN2O3/c1-14(2)12(7-13(14)20-3)16-8-9-4-5-10(17(18)19)6-11(9)15/h4-6,12-13,16H,7-8H2,1-3H3. The van der Waals surface area contributed by atoms with Crippen molar-refractivity contribution in [1.82, 2.24) is 5.32 Å². The van der Waals surface area contributed by atoms with Crippen molar-refractivity contribution < 1.29 is 9.66 Å². The molecule has 0 saturated heterocycles. The lowest BCUT2D eigenvalue weighted by Gasteiger charge is -2.51. The summed E-state index contributed by atoms with van der Waals surface area (Å²) in [5, 5.41) is 14.5. The van der Waals surface area contributed by atoms with Gasteiger partial charge in [-0.1, -0.05) is 25.4 Å². The van der Waals surface area contributed by atoms with E-state index in [2.05, 4.69) is 19.2 Å². The van der Waals surface area contributed by atoms with Gasteiger partial charge in [-0.2, -0.15) is 0 Å². The van der Waals surface area contributed by atoms with Crippen molar-refractivity contribution >= 4 is 17.3 Å². The summed E-state index contributed by atoms with van der Waals surface area (Å²) in [6.45, 7) is 4.93. The summed E-state index contributed by atoms with van der Waals surface area (Å²) in [5.41, 5.74) is 0.971. The van der Waals surface area contributed by atoms with Crippen LogP contribution in [-0.4, -0.2) is 24.2 Å². The average Bonchev–Trinajstić information content (AvgIpc) is 2.39. The second kappa shape index (κ2) is 5.68. The van der Waals surface area contributed by atoms with E-state index in [-0.39, 0.29) is 17.2 Å². The summed E-state index contributed by atoms with van der Waals surface area (Å²) in [7, 11) is 1.73. The Labute approximate surface area is 123 Å². The van der Waals surface area contributed by atoms with Gasteiger partial charge in [0.15, 0.2) is 0 Å². The Hall–Kier alpha value is -1.17. The Balaban J connectivity index is 1.97. The second-order valence-electron chi connectivity index (χ2n) is 5.75. The van der Waals surface area contributed by atoms with Gasteiger partial charge in [-0.3, -0.25) is 10.1 Å². The highest BCUT2D eigenvalue weighted by Gasteiger charge is 2.48. The monoisotopic (exact) mass is 298 g/mol. The number of nitro benzene ring substituents is 1. The van der Waals surface area contributed by atoms with Gasteiger partial charge in [0.05, 0.1) is 16.0 Å². The van der Waals surface area contributed by atoms with Gasteiger partial charge in [-0.25, -0.2) is 0 Å². The first-order valence-corrected chi connectivity index (χ1v) is 6.93. The SMILES string of the molecule is COC1CC(NCc2ccc([N+](=O)[O-])cc2Cl)C1(C)C. The average molecular weight is 299 g/mol. The number of methoxy groups -OCH3 is 1. The quantitative estimate of drug-likeness (QED) is 0.670. The Morgan fingerprint density at radius 3 is 2.75 bits per heavy atom. The van der Waals surface area contributed by atoms with E-state index in [4.69, 9.17) is 16.3 Å². The first-order valence-electron chi connectivity index (χ1n) is 6.55. The van der Waals surface area contributed by atoms with Crippen molar-refractivity contribution in [2.75, 3.05) is 7.11 Å². The van der Waals surface area contributed by atoms with Crippen LogP contribution < -0.4 is 5.32 Å². The molecule has 0 radical (unpaired) electrons. The van der Waals surface area contributed by atoms with Gasteiger partial charge in [0, 0.05) is 37.2 Å². The number of benzene rings is 1. The van der Waals surface area contributed by atoms with Gasteiger partial charge in [0.2, 0.25) is 0 Å². The Morgan fingerprint density at radius 2 is 2.25 bits per heavy atom. The highest BCUT2D eigenvalue weighted by atomic mass is 35.5. The molecular weight excluding hydrogens is 280 g/mol. The van der Waals surface area contributed by atoms with E-state index in [1.807, 2.05) is 0 Å². The number of rotatable bonds is 5. The summed E-state index contributed by atoms with van der Waals surface area (Å²) in [6.07, 6.45) is 1.24. The van der Waals surface area contributed by atoms with Crippen LogP contribution in [0.25, 0.3) is 0 Å². The molecule has 0 heterocycles. The topological polar surface area (TPSA) is 64.4 Å². The highest BCUT2D eigenvalue weighted by Crippen LogP contribution is 2.42. The van der Waals surface area contributed by atoms with Crippen molar-refractivity contribution in [2.24, 2.45) is 5.41 Å². The number of nitrogens with zero attached hydrogens (tertiary/aromatic N) is 1. The molecule has 1 N–H and O–H groups in total. The van der Waals surface area contributed by atoms with E-state index in [0.29, 0.717) is 17.6 Å². The minimum Gasteiger partial charge on any atom is -0.381 e. The van der Waals surface area contributed by atoms with Crippen LogP contribution in [0.2, 0.25) is 5.02 Å². The molecule has 1 fully saturated rings. The lowest BCUT2D eigenvalue weighted by Crippen LogP contribution is -2.60. The summed E-state index contributed by atoms with van der Waals surface area (Å²) in [6, 6.07) is 4.93. The van der Waals surface area contributed by atoms with Crippen molar-refractivity contribution in [3.63, 3.8) is 0 Å². The fourth-order valence-electron chi connectivity index (χ4n) is 2.66. The molecule has 0 aromatic heterocycles. The number of hydrogen-bond donors (Lipinski definition) is 1. The number of hydrogen-bond acceptors (Lipinski definition) is 4. The zero-order valence-electron chi connectivity index (χ0n) is 11.9. The van der Waals surface area contributed by atoms with Crippen LogP contribution >= 0.6 is 11.6 Å². The smallest absolute Gasteiger partial charge is 0.270 e. The highest BCUT2D eigenvalue weighted by molar-refractivity contribution is 6.31. The van der Waals surface area contributed by atoms with E-state index in [0.717, 1.165) is 12.0 Å². The predicted molar refractivity (Wildman–Crippen MR) is 77.9 cm³/mol. The molecule has 1 saturated carbocycles. The van der Waals surface area contributed by atoms with E-state index in [9.17, 15) is 10.1 Å². The van der Waals surface area contributed by atoms with Gasteiger partial charge in [0.25, 0.3) is 5.69 Å². The molecular formula is C14H19ClN2O3. The molecule has 6 heteroatoms. The molecule has 2 atom stereocenters. The Kier molecular flexibility index (Phi) is 4.32. The number of halogens is 1. The van der Waals surface area contributed by atoms with Crippen molar-refractivity contribution in [2.45, 2.75) is 39.0 Å². The van der Waals surface area contributed by atoms with E-state index < -0.39 is 4.92 Å². The van der Waals surface area contributed by atoms with Gasteiger partial charge in [0.1, 0.15) is 0 Å². The summed E-state index contributed by atoms with van der Waals surface area (Å²) in [5.74, 6) is 0. The summed E-state index contributed by atoms with van der Waals surface area (Å²) in [4.78, 5) is 10.2. The fourth-order valence-corrected chi connectivity index (χ4v) is 2.90. The molecule has 0 aliphatic heterocycles. The number of non-ortho nitro benzene ring substituents is 1. The molecule has 1 aliphatic rings. The van der Waals surface area contributed by atoms with Crippen LogP contribution in [0.15, 0.2) is 18.2 Å².